The van der Waals surface area contributed by atoms with Gasteiger partial charge in [-0.2, -0.15) is 13.2 Å². The largest absolute Gasteiger partial charge is 0.467 e. The van der Waals surface area contributed by atoms with Gasteiger partial charge in [0.2, 0.25) is 0 Å². The first-order chi connectivity index (χ1) is 12.4. The van der Waals surface area contributed by atoms with Crippen molar-refractivity contribution in [3.05, 3.63) is 53.0 Å². The highest BCUT2D eigenvalue weighted by Gasteiger charge is 2.31. The maximum Gasteiger partial charge on any atom is 0.417 e. The molecule has 5 nitrogen and oxygen atoms in total. The molecule has 0 radical (unpaired) electrons. The molecular formula is C16H11F4N3O2S. The fraction of sp³-hybridized carbons (Fsp3) is 0.250. The van der Waals surface area contributed by atoms with Crippen LogP contribution in [0.15, 0.2) is 35.6 Å². The molecule has 4 rings (SSSR count). The van der Waals surface area contributed by atoms with Crippen molar-refractivity contribution in [1.82, 2.24) is 14.6 Å². The average molecular weight is 385 g/mol. The quantitative estimate of drug-likeness (QED) is 0.503. The van der Waals surface area contributed by atoms with E-state index >= 15 is 0 Å². The van der Waals surface area contributed by atoms with Crippen LogP contribution in [0.1, 0.15) is 16.7 Å². The van der Waals surface area contributed by atoms with Gasteiger partial charge in [0.15, 0.2) is 17.6 Å². The van der Waals surface area contributed by atoms with Crippen molar-refractivity contribution in [3.63, 3.8) is 0 Å². The molecule has 1 aliphatic heterocycles. The smallest absolute Gasteiger partial charge is 0.417 e. The second kappa shape index (κ2) is 6.44. The lowest BCUT2D eigenvalue weighted by Gasteiger charge is -2.20. The zero-order valence-corrected chi connectivity index (χ0v) is 13.9. The summed E-state index contributed by atoms with van der Waals surface area (Å²) in [5, 5.41) is 8.05. The van der Waals surface area contributed by atoms with E-state index in [4.69, 9.17) is 9.47 Å². The number of hydrogen-bond acceptors (Lipinski definition) is 5. The standard InChI is InChI=1S/C16H11F4N3O2S/c17-12-3-9-6-24-8-25-14(9)10(4-12)7-26-15-22-21-13-2-1-11(5-23(13)15)16(18,19)20/h1-5H,6-8H2. The second-order valence-corrected chi connectivity index (χ2v) is 6.52. The summed E-state index contributed by atoms with van der Waals surface area (Å²) >= 11 is 1.15. The molecule has 0 aliphatic carbocycles. The van der Waals surface area contributed by atoms with Crippen LogP contribution in [0, 0.1) is 5.82 Å². The molecule has 2 aromatic heterocycles. The van der Waals surface area contributed by atoms with Gasteiger partial charge in [-0.05, 0) is 24.3 Å². The van der Waals surface area contributed by atoms with Crippen molar-refractivity contribution < 1.29 is 27.0 Å². The van der Waals surface area contributed by atoms with Crippen molar-refractivity contribution in [2.75, 3.05) is 6.79 Å². The Bertz CT molecular complexity index is 974. The number of alkyl halides is 3. The number of fused-ring (bicyclic) bond motifs is 2. The van der Waals surface area contributed by atoms with Crippen molar-refractivity contribution >= 4 is 17.4 Å². The zero-order chi connectivity index (χ0) is 18.3. The molecule has 136 valence electrons. The summed E-state index contributed by atoms with van der Waals surface area (Å²) in [6.45, 7) is 0.312. The first-order valence-electron chi connectivity index (χ1n) is 7.48. The van der Waals surface area contributed by atoms with Gasteiger partial charge in [-0.3, -0.25) is 4.40 Å². The molecule has 3 aromatic rings. The lowest BCUT2D eigenvalue weighted by Crippen LogP contribution is -2.13. The van der Waals surface area contributed by atoms with Crippen LogP contribution in [0.4, 0.5) is 17.6 Å². The highest BCUT2D eigenvalue weighted by molar-refractivity contribution is 7.98. The number of hydrogen-bond donors (Lipinski definition) is 0. The molecule has 1 aliphatic rings. The molecule has 0 saturated heterocycles. The van der Waals surface area contributed by atoms with Gasteiger partial charge in [0.25, 0.3) is 0 Å². The molecule has 0 unspecified atom stereocenters. The minimum absolute atomic E-state index is 0.0686. The SMILES string of the molecule is Fc1cc2c(c(CSc3nnc4ccc(C(F)(F)F)cn34)c1)OCOC2. The topological polar surface area (TPSA) is 48.7 Å². The number of halogens is 4. The summed E-state index contributed by atoms with van der Waals surface area (Å²) < 4.78 is 64.3. The van der Waals surface area contributed by atoms with Crippen LogP contribution in [0.5, 0.6) is 5.75 Å². The zero-order valence-electron chi connectivity index (χ0n) is 13.1. The molecule has 0 bridgehead atoms. The number of benzene rings is 1. The molecule has 3 heterocycles. The monoisotopic (exact) mass is 385 g/mol. The first kappa shape index (κ1) is 17.1. The van der Waals surface area contributed by atoms with Gasteiger partial charge in [-0.15, -0.1) is 10.2 Å². The Morgan fingerprint density at radius 1 is 1.19 bits per heavy atom. The first-order valence-corrected chi connectivity index (χ1v) is 8.47. The molecule has 10 heteroatoms. The Labute approximate surface area is 148 Å². The van der Waals surface area contributed by atoms with Crippen LogP contribution in [0.2, 0.25) is 0 Å². The van der Waals surface area contributed by atoms with Crippen LogP contribution >= 0.6 is 11.8 Å². The van der Waals surface area contributed by atoms with E-state index < -0.39 is 17.6 Å². The third-order valence-electron chi connectivity index (χ3n) is 3.81. The summed E-state index contributed by atoms with van der Waals surface area (Å²) in [5.41, 5.74) is 0.677. The third-order valence-corrected chi connectivity index (χ3v) is 4.80. The van der Waals surface area contributed by atoms with Crippen molar-refractivity contribution in [3.8, 4) is 5.75 Å². The molecule has 0 amide bonds. The highest BCUT2D eigenvalue weighted by Crippen LogP contribution is 2.34. The Morgan fingerprint density at radius 3 is 2.85 bits per heavy atom. The molecule has 0 N–H and O–H groups in total. The number of rotatable bonds is 3. The van der Waals surface area contributed by atoms with E-state index in [1.54, 1.807) is 0 Å². The lowest BCUT2D eigenvalue weighted by molar-refractivity contribution is -0.137. The van der Waals surface area contributed by atoms with Crippen LogP contribution in [0.25, 0.3) is 5.65 Å². The molecule has 0 fully saturated rings. The number of pyridine rings is 1. The van der Waals surface area contributed by atoms with E-state index in [0.29, 0.717) is 22.5 Å². The maximum absolute atomic E-state index is 13.8. The number of nitrogens with zero attached hydrogens (tertiary/aromatic N) is 3. The van der Waals surface area contributed by atoms with Crippen molar-refractivity contribution in [2.24, 2.45) is 0 Å². The fourth-order valence-corrected chi connectivity index (χ4v) is 3.53. The van der Waals surface area contributed by atoms with Gasteiger partial charge in [0, 0.05) is 23.1 Å². The predicted octanol–water partition coefficient (Wildman–Crippen LogP) is 4.05. The van der Waals surface area contributed by atoms with Gasteiger partial charge in [0.05, 0.1) is 12.2 Å². The molecule has 0 spiro atoms. The summed E-state index contributed by atoms with van der Waals surface area (Å²) in [7, 11) is 0. The van der Waals surface area contributed by atoms with Crippen molar-refractivity contribution in [1.29, 1.82) is 0 Å². The summed E-state index contributed by atoms with van der Waals surface area (Å²) in [5.74, 6) is 0.366. The second-order valence-electron chi connectivity index (χ2n) is 5.58. The van der Waals surface area contributed by atoms with E-state index in [-0.39, 0.29) is 24.3 Å². The molecule has 1 aromatic carbocycles. The molecular weight excluding hydrogens is 374 g/mol. The Kier molecular flexibility index (Phi) is 4.23. The normalized spacial score (nSPS) is 14.3. The molecule has 0 atom stereocenters. The molecule has 0 saturated carbocycles. The number of thioether (sulfide) groups is 1. The van der Waals surface area contributed by atoms with Gasteiger partial charge < -0.3 is 9.47 Å². The number of aromatic nitrogens is 3. The summed E-state index contributed by atoms with van der Waals surface area (Å²) in [6, 6.07) is 4.88. The predicted molar refractivity (Wildman–Crippen MR) is 84.2 cm³/mol. The van der Waals surface area contributed by atoms with Gasteiger partial charge in [-0.25, -0.2) is 4.39 Å². The van der Waals surface area contributed by atoms with E-state index in [1.165, 1.54) is 22.6 Å². The lowest BCUT2D eigenvalue weighted by atomic mass is 10.1. The maximum atomic E-state index is 13.8. The Hall–Kier alpha value is -2.33. The van der Waals surface area contributed by atoms with Crippen LogP contribution in [0.3, 0.4) is 0 Å². The number of ether oxygens (including phenoxy) is 2. The van der Waals surface area contributed by atoms with Crippen LogP contribution < -0.4 is 4.74 Å². The van der Waals surface area contributed by atoms with E-state index in [2.05, 4.69) is 10.2 Å². The van der Waals surface area contributed by atoms with Gasteiger partial charge in [-0.1, -0.05) is 11.8 Å². The van der Waals surface area contributed by atoms with Crippen LogP contribution in [-0.4, -0.2) is 21.4 Å². The average Bonchev–Trinajstić information content (AvgIpc) is 3.01. The van der Waals surface area contributed by atoms with Crippen LogP contribution in [-0.2, 0) is 23.3 Å². The third kappa shape index (κ3) is 3.21. The van der Waals surface area contributed by atoms with Crippen molar-refractivity contribution in [2.45, 2.75) is 23.7 Å². The molecule has 26 heavy (non-hydrogen) atoms. The minimum Gasteiger partial charge on any atom is -0.467 e. The van der Waals surface area contributed by atoms with E-state index in [1.807, 2.05) is 0 Å². The van der Waals surface area contributed by atoms with Gasteiger partial charge >= 0.3 is 6.18 Å². The Balaban J connectivity index is 1.64. The summed E-state index contributed by atoms with van der Waals surface area (Å²) in [4.78, 5) is 0. The fourth-order valence-electron chi connectivity index (χ4n) is 2.64. The Morgan fingerprint density at radius 2 is 2.04 bits per heavy atom. The van der Waals surface area contributed by atoms with Gasteiger partial charge in [0.1, 0.15) is 11.6 Å². The van der Waals surface area contributed by atoms with E-state index in [0.717, 1.165) is 24.0 Å². The minimum atomic E-state index is -4.46. The van der Waals surface area contributed by atoms with E-state index in [9.17, 15) is 17.6 Å². The summed E-state index contributed by atoms with van der Waals surface area (Å²) in [6.07, 6.45) is -3.51. The highest BCUT2D eigenvalue weighted by atomic mass is 32.2.